The van der Waals surface area contributed by atoms with Gasteiger partial charge in [-0.05, 0) is 29.8 Å². The van der Waals surface area contributed by atoms with Gasteiger partial charge in [-0.1, -0.05) is 23.7 Å². The standard InChI is InChI=1S/C11H8ClNO2/c12-8-3-1-7(2-4-8)9-5-6-10(13-9)11(14)15/h1-6,13H,(H,14,15)/p-1. The maximum atomic E-state index is 10.5. The molecule has 15 heavy (non-hydrogen) atoms. The number of nitrogens with one attached hydrogen (secondary N) is 1. The molecule has 0 saturated carbocycles. The van der Waals surface area contributed by atoms with Crippen LogP contribution < -0.4 is 5.11 Å². The van der Waals surface area contributed by atoms with E-state index in [1.165, 1.54) is 6.07 Å². The molecule has 0 saturated heterocycles. The van der Waals surface area contributed by atoms with E-state index < -0.39 is 5.97 Å². The molecule has 0 atom stereocenters. The number of H-pyrrole nitrogens is 1. The van der Waals surface area contributed by atoms with Gasteiger partial charge in [-0.3, -0.25) is 0 Å². The van der Waals surface area contributed by atoms with Crippen molar-refractivity contribution >= 4 is 17.6 Å². The van der Waals surface area contributed by atoms with Gasteiger partial charge in [-0.15, -0.1) is 0 Å². The van der Waals surface area contributed by atoms with Crippen LogP contribution >= 0.6 is 11.6 Å². The lowest BCUT2D eigenvalue weighted by Gasteiger charge is -1.99. The van der Waals surface area contributed by atoms with E-state index in [-0.39, 0.29) is 5.69 Å². The Hall–Kier alpha value is -1.74. The molecule has 0 bridgehead atoms. The van der Waals surface area contributed by atoms with Crippen LogP contribution in [0.25, 0.3) is 11.3 Å². The second kappa shape index (κ2) is 3.79. The molecule has 0 aliphatic carbocycles. The number of hydrogen-bond acceptors (Lipinski definition) is 2. The molecule has 1 aromatic carbocycles. The van der Waals surface area contributed by atoms with Crippen molar-refractivity contribution < 1.29 is 9.90 Å². The Balaban J connectivity index is 2.37. The molecular weight excluding hydrogens is 214 g/mol. The van der Waals surface area contributed by atoms with Gasteiger partial charge in [0.05, 0.1) is 11.7 Å². The lowest BCUT2D eigenvalue weighted by atomic mass is 10.2. The Bertz CT molecular complexity index is 488. The minimum atomic E-state index is -1.21. The molecule has 0 aliphatic heterocycles. The second-order valence-electron chi connectivity index (χ2n) is 3.08. The third kappa shape index (κ3) is 2.02. The first-order chi connectivity index (χ1) is 7.16. The van der Waals surface area contributed by atoms with Crippen LogP contribution in [0, 0.1) is 0 Å². The van der Waals surface area contributed by atoms with E-state index in [0.717, 1.165) is 11.3 Å². The minimum Gasteiger partial charge on any atom is -0.543 e. The highest BCUT2D eigenvalue weighted by molar-refractivity contribution is 6.30. The molecule has 0 unspecified atom stereocenters. The Labute approximate surface area is 91.3 Å². The molecule has 0 radical (unpaired) electrons. The first-order valence-corrected chi connectivity index (χ1v) is 4.71. The highest BCUT2D eigenvalue weighted by Gasteiger charge is 2.01. The summed E-state index contributed by atoms with van der Waals surface area (Å²) in [6.07, 6.45) is 0. The second-order valence-corrected chi connectivity index (χ2v) is 3.52. The van der Waals surface area contributed by atoms with Crippen molar-refractivity contribution in [3.05, 3.63) is 47.1 Å². The lowest BCUT2D eigenvalue weighted by molar-refractivity contribution is -0.255. The lowest BCUT2D eigenvalue weighted by Crippen LogP contribution is -2.22. The SMILES string of the molecule is O=C([O-])c1ccc(-c2ccc(Cl)cc2)[nH]1. The third-order valence-electron chi connectivity index (χ3n) is 2.06. The zero-order chi connectivity index (χ0) is 10.8. The van der Waals surface area contributed by atoms with Crippen LogP contribution in [0.4, 0.5) is 0 Å². The van der Waals surface area contributed by atoms with Gasteiger partial charge in [0.2, 0.25) is 0 Å². The van der Waals surface area contributed by atoms with Crippen LogP contribution in [0.15, 0.2) is 36.4 Å². The number of carbonyl (C=O) groups is 1. The van der Waals surface area contributed by atoms with Gasteiger partial charge >= 0.3 is 0 Å². The van der Waals surface area contributed by atoms with Crippen LogP contribution in [0.1, 0.15) is 10.5 Å². The number of aromatic carboxylic acids is 1. The van der Waals surface area contributed by atoms with E-state index >= 15 is 0 Å². The highest BCUT2D eigenvalue weighted by Crippen LogP contribution is 2.20. The zero-order valence-electron chi connectivity index (χ0n) is 7.66. The number of rotatable bonds is 2. The van der Waals surface area contributed by atoms with Crippen LogP contribution in [0.3, 0.4) is 0 Å². The monoisotopic (exact) mass is 220 g/mol. The quantitative estimate of drug-likeness (QED) is 0.838. The summed E-state index contributed by atoms with van der Waals surface area (Å²) in [4.78, 5) is 13.3. The van der Waals surface area contributed by atoms with E-state index in [4.69, 9.17) is 11.6 Å². The summed E-state index contributed by atoms with van der Waals surface area (Å²) in [5.74, 6) is -1.21. The summed E-state index contributed by atoms with van der Waals surface area (Å²) in [5, 5.41) is 11.2. The van der Waals surface area contributed by atoms with E-state index in [0.29, 0.717) is 5.02 Å². The molecule has 1 aromatic heterocycles. The number of hydrogen-bond donors (Lipinski definition) is 1. The van der Waals surface area contributed by atoms with Crippen LogP contribution in [0.2, 0.25) is 5.02 Å². The van der Waals surface area contributed by atoms with E-state index in [1.54, 1.807) is 18.2 Å². The zero-order valence-corrected chi connectivity index (χ0v) is 8.41. The smallest absolute Gasteiger partial charge is 0.0878 e. The molecular formula is C11H7ClNO2-. The predicted octanol–water partition coefficient (Wildman–Crippen LogP) is 1.70. The van der Waals surface area contributed by atoms with Gasteiger partial charge in [0.25, 0.3) is 0 Å². The van der Waals surface area contributed by atoms with Crippen molar-refractivity contribution in [2.45, 2.75) is 0 Å². The molecule has 0 aliphatic rings. The number of carboxylic acid groups (broad SMARTS) is 1. The Morgan fingerprint density at radius 1 is 1.13 bits per heavy atom. The molecule has 1 heterocycles. The van der Waals surface area contributed by atoms with Crippen molar-refractivity contribution in [1.82, 2.24) is 4.98 Å². The van der Waals surface area contributed by atoms with Crippen LogP contribution in [-0.4, -0.2) is 11.0 Å². The fourth-order valence-corrected chi connectivity index (χ4v) is 1.44. The topological polar surface area (TPSA) is 55.9 Å². The molecule has 2 rings (SSSR count). The molecule has 0 amide bonds. The van der Waals surface area contributed by atoms with Crippen molar-refractivity contribution in [2.24, 2.45) is 0 Å². The van der Waals surface area contributed by atoms with Crippen LogP contribution in [0.5, 0.6) is 0 Å². The largest absolute Gasteiger partial charge is 0.543 e. The van der Waals surface area contributed by atoms with Crippen molar-refractivity contribution in [3.63, 3.8) is 0 Å². The Kier molecular flexibility index (Phi) is 2.47. The van der Waals surface area contributed by atoms with Crippen molar-refractivity contribution in [3.8, 4) is 11.3 Å². The summed E-state index contributed by atoms with van der Waals surface area (Å²) in [6.45, 7) is 0. The number of halogens is 1. The van der Waals surface area contributed by atoms with E-state index in [1.807, 2.05) is 12.1 Å². The van der Waals surface area contributed by atoms with E-state index in [2.05, 4.69) is 4.98 Å². The summed E-state index contributed by atoms with van der Waals surface area (Å²) < 4.78 is 0. The average molecular weight is 221 g/mol. The predicted molar refractivity (Wildman–Crippen MR) is 55.6 cm³/mol. The van der Waals surface area contributed by atoms with E-state index in [9.17, 15) is 9.90 Å². The number of carbonyl (C=O) groups excluding carboxylic acids is 1. The number of carboxylic acids is 1. The molecule has 3 nitrogen and oxygen atoms in total. The first kappa shape index (κ1) is 9.80. The van der Waals surface area contributed by atoms with Gasteiger partial charge < -0.3 is 14.9 Å². The summed E-state index contributed by atoms with van der Waals surface area (Å²) in [6, 6.07) is 10.3. The fraction of sp³-hybridized carbons (Fsp3) is 0. The van der Waals surface area contributed by atoms with Crippen molar-refractivity contribution in [2.75, 3.05) is 0 Å². The summed E-state index contributed by atoms with van der Waals surface area (Å²) in [5.41, 5.74) is 1.68. The van der Waals surface area contributed by atoms with Gasteiger partial charge in [-0.25, -0.2) is 0 Å². The molecule has 76 valence electrons. The number of aromatic amines is 1. The maximum absolute atomic E-state index is 10.5. The Morgan fingerprint density at radius 3 is 2.33 bits per heavy atom. The summed E-state index contributed by atoms with van der Waals surface area (Å²) in [7, 11) is 0. The first-order valence-electron chi connectivity index (χ1n) is 4.33. The van der Waals surface area contributed by atoms with Crippen molar-refractivity contribution in [1.29, 1.82) is 0 Å². The number of aromatic nitrogens is 1. The van der Waals surface area contributed by atoms with Gasteiger partial charge in [0.1, 0.15) is 0 Å². The normalized spacial score (nSPS) is 10.2. The Morgan fingerprint density at radius 2 is 1.80 bits per heavy atom. The fourth-order valence-electron chi connectivity index (χ4n) is 1.31. The van der Waals surface area contributed by atoms with Gasteiger partial charge in [-0.2, -0.15) is 0 Å². The van der Waals surface area contributed by atoms with Crippen LogP contribution in [-0.2, 0) is 0 Å². The molecule has 0 fully saturated rings. The minimum absolute atomic E-state index is 0.0694. The molecule has 2 aromatic rings. The highest BCUT2D eigenvalue weighted by atomic mass is 35.5. The summed E-state index contributed by atoms with van der Waals surface area (Å²) >= 11 is 5.74. The average Bonchev–Trinajstić information content (AvgIpc) is 2.68. The van der Waals surface area contributed by atoms with Gasteiger partial charge in [0.15, 0.2) is 0 Å². The number of benzene rings is 1. The molecule has 0 spiro atoms. The molecule has 4 heteroatoms. The third-order valence-corrected chi connectivity index (χ3v) is 2.31. The van der Waals surface area contributed by atoms with Gasteiger partial charge in [0, 0.05) is 10.7 Å². The molecule has 1 N–H and O–H groups in total. The maximum Gasteiger partial charge on any atom is 0.0878 e.